The van der Waals surface area contributed by atoms with Gasteiger partial charge in [0.2, 0.25) is 0 Å². The Balaban J connectivity index is 2.16. The van der Waals surface area contributed by atoms with E-state index in [0.717, 1.165) is 0 Å². The van der Waals surface area contributed by atoms with E-state index in [1.807, 2.05) is 13.8 Å². The van der Waals surface area contributed by atoms with E-state index < -0.39 is 17.5 Å². The van der Waals surface area contributed by atoms with Crippen LogP contribution in [-0.4, -0.2) is 40.3 Å². The van der Waals surface area contributed by atoms with E-state index in [4.69, 9.17) is 9.84 Å². The predicted octanol–water partition coefficient (Wildman–Crippen LogP) is 1.08. The van der Waals surface area contributed by atoms with Crippen LogP contribution in [0.5, 0.6) is 0 Å². The molecule has 0 aromatic heterocycles. The number of ether oxygens (including phenoxy) is 1. The number of amides is 1. The fourth-order valence-electron chi connectivity index (χ4n) is 2.45. The highest BCUT2D eigenvalue weighted by Crippen LogP contribution is 2.37. The minimum Gasteiger partial charge on any atom is -0.481 e. The third-order valence-electron chi connectivity index (χ3n) is 3.32. The molecule has 2 aliphatic heterocycles. The van der Waals surface area contributed by atoms with Gasteiger partial charge in [-0.2, -0.15) is 0 Å². The van der Waals surface area contributed by atoms with Crippen molar-refractivity contribution in [2.24, 2.45) is 5.92 Å². The summed E-state index contributed by atoms with van der Waals surface area (Å²) in [5.41, 5.74) is -0.486. The zero-order valence-electron chi connectivity index (χ0n) is 8.90. The number of rotatable bonds is 1. The number of nitrogens with zero attached hydrogens (tertiary/aromatic N) is 1. The normalized spacial score (nSPS) is 33.5. The van der Waals surface area contributed by atoms with E-state index in [9.17, 15) is 9.59 Å². The van der Waals surface area contributed by atoms with Gasteiger partial charge in [0.15, 0.2) is 0 Å². The third-order valence-corrected chi connectivity index (χ3v) is 3.32. The van der Waals surface area contributed by atoms with Gasteiger partial charge < -0.3 is 14.7 Å². The zero-order valence-corrected chi connectivity index (χ0v) is 8.90. The van der Waals surface area contributed by atoms with Gasteiger partial charge in [0, 0.05) is 6.54 Å². The number of carbonyl (C=O) groups is 2. The second kappa shape index (κ2) is 3.12. The second-order valence-electron chi connectivity index (χ2n) is 4.75. The molecule has 84 valence electrons. The first-order chi connectivity index (χ1) is 6.92. The largest absolute Gasteiger partial charge is 0.481 e. The lowest BCUT2D eigenvalue weighted by Crippen LogP contribution is -2.48. The van der Waals surface area contributed by atoms with Gasteiger partial charge in [0.05, 0.1) is 12.0 Å². The number of hydrogen-bond donors (Lipinski definition) is 1. The summed E-state index contributed by atoms with van der Waals surface area (Å²) >= 11 is 0. The van der Waals surface area contributed by atoms with Crippen LogP contribution in [0.15, 0.2) is 0 Å². The van der Waals surface area contributed by atoms with Gasteiger partial charge in [-0.25, -0.2) is 4.79 Å². The Hall–Kier alpha value is -1.26. The summed E-state index contributed by atoms with van der Waals surface area (Å²) in [6, 6.07) is 0.0283. The number of aliphatic carboxylic acids is 1. The van der Waals surface area contributed by atoms with E-state index in [1.54, 1.807) is 4.90 Å². The first-order valence-corrected chi connectivity index (χ1v) is 5.14. The zero-order chi connectivity index (χ0) is 11.2. The first-order valence-electron chi connectivity index (χ1n) is 5.14. The molecule has 5 heteroatoms. The monoisotopic (exact) mass is 213 g/mol. The number of fused-ring (bicyclic) bond motifs is 1. The average Bonchev–Trinajstić information content (AvgIpc) is 2.37. The number of cyclic esters (lactones) is 1. The van der Waals surface area contributed by atoms with E-state index in [2.05, 4.69) is 0 Å². The number of hydrogen-bond acceptors (Lipinski definition) is 3. The molecule has 0 aliphatic carbocycles. The van der Waals surface area contributed by atoms with E-state index in [1.165, 1.54) is 0 Å². The summed E-state index contributed by atoms with van der Waals surface area (Å²) in [5, 5.41) is 8.90. The minimum absolute atomic E-state index is 0.0283. The summed E-state index contributed by atoms with van der Waals surface area (Å²) in [4.78, 5) is 23.9. The molecule has 1 N–H and O–H groups in total. The quantitative estimate of drug-likeness (QED) is 0.707. The van der Waals surface area contributed by atoms with Crippen LogP contribution in [0.3, 0.4) is 0 Å². The lowest BCUT2D eigenvalue weighted by atomic mass is 9.86. The van der Waals surface area contributed by atoms with Crippen molar-refractivity contribution in [2.45, 2.75) is 38.3 Å². The van der Waals surface area contributed by atoms with Gasteiger partial charge in [0.25, 0.3) is 0 Å². The molecule has 0 spiro atoms. The molecule has 2 atom stereocenters. The number of carboxylic acids is 1. The summed E-state index contributed by atoms with van der Waals surface area (Å²) < 4.78 is 5.22. The molecule has 2 aliphatic rings. The van der Waals surface area contributed by atoms with Crippen LogP contribution in [0.25, 0.3) is 0 Å². The van der Waals surface area contributed by atoms with Crippen molar-refractivity contribution in [2.75, 3.05) is 6.54 Å². The highest BCUT2D eigenvalue weighted by Gasteiger charge is 2.50. The highest BCUT2D eigenvalue weighted by molar-refractivity contribution is 5.75. The van der Waals surface area contributed by atoms with E-state index >= 15 is 0 Å². The topological polar surface area (TPSA) is 66.8 Å². The Labute approximate surface area is 88.0 Å². The molecule has 0 saturated carbocycles. The van der Waals surface area contributed by atoms with Gasteiger partial charge >= 0.3 is 12.1 Å². The molecular weight excluding hydrogens is 198 g/mol. The highest BCUT2D eigenvalue weighted by atomic mass is 16.6. The molecule has 2 fully saturated rings. The Morgan fingerprint density at radius 2 is 2.20 bits per heavy atom. The molecular formula is C10H15NO4. The minimum atomic E-state index is -0.828. The summed E-state index contributed by atoms with van der Waals surface area (Å²) in [7, 11) is 0. The maximum absolute atomic E-state index is 11.5. The molecule has 0 radical (unpaired) electrons. The standard InChI is InChI=1S/C10H15NO4/c1-10(2)7-4-3-6(8(12)13)5-11(7)9(14)15-10/h6-7H,3-5H2,1-2H3,(H,12,13)/t6-,7+/m0/s1. The molecule has 1 amide bonds. The fourth-order valence-corrected chi connectivity index (χ4v) is 2.45. The Kier molecular flexibility index (Phi) is 2.13. The van der Waals surface area contributed by atoms with Crippen LogP contribution < -0.4 is 0 Å². The third kappa shape index (κ3) is 1.56. The number of carbonyl (C=O) groups excluding carboxylic acids is 1. The van der Waals surface area contributed by atoms with Crippen molar-refractivity contribution in [1.29, 1.82) is 0 Å². The van der Waals surface area contributed by atoms with Crippen molar-refractivity contribution in [3.8, 4) is 0 Å². The van der Waals surface area contributed by atoms with Gasteiger partial charge in [-0.1, -0.05) is 0 Å². The van der Waals surface area contributed by atoms with Crippen LogP contribution in [-0.2, 0) is 9.53 Å². The van der Waals surface area contributed by atoms with Crippen LogP contribution in [0.4, 0.5) is 4.79 Å². The summed E-state index contributed by atoms with van der Waals surface area (Å²) in [5.74, 6) is -1.27. The van der Waals surface area contributed by atoms with E-state index in [0.29, 0.717) is 12.8 Å². The van der Waals surface area contributed by atoms with Crippen molar-refractivity contribution in [1.82, 2.24) is 4.90 Å². The molecule has 2 saturated heterocycles. The average molecular weight is 213 g/mol. The predicted molar refractivity (Wildman–Crippen MR) is 51.4 cm³/mol. The molecule has 2 heterocycles. The Morgan fingerprint density at radius 1 is 1.53 bits per heavy atom. The summed E-state index contributed by atoms with van der Waals surface area (Å²) in [6.07, 6.45) is 0.947. The summed E-state index contributed by atoms with van der Waals surface area (Å²) in [6.45, 7) is 4.02. The number of carboxylic acid groups (broad SMARTS) is 1. The van der Waals surface area contributed by atoms with Crippen molar-refractivity contribution in [3.05, 3.63) is 0 Å². The second-order valence-corrected chi connectivity index (χ2v) is 4.75. The first kappa shape index (κ1) is 10.3. The lowest BCUT2D eigenvalue weighted by molar-refractivity contribution is -0.143. The van der Waals surface area contributed by atoms with Crippen LogP contribution in [0.1, 0.15) is 26.7 Å². The van der Waals surface area contributed by atoms with Gasteiger partial charge in [-0.15, -0.1) is 0 Å². The molecule has 5 nitrogen and oxygen atoms in total. The molecule has 0 aromatic carbocycles. The molecule has 0 unspecified atom stereocenters. The SMILES string of the molecule is CC1(C)OC(=O)N2C[C@@H](C(=O)O)CC[C@@H]21. The maximum atomic E-state index is 11.5. The smallest absolute Gasteiger partial charge is 0.410 e. The molecule has 15 heavy (non-hydrogen) atoms. The lowest BCUT2D eigenvalue weighted by Gasteiger charge is -2.35. The fraction of sp³-hybridized carbons (Fsp3) is 0.800. The molecule has 0 bridgehead atoms. The molecule has 2 rings (SSSR count). The van der Waals surface area contributed by atoms with Crippen molar-refractivity contribution in [3.63, 3.8) is 0 Å². The Morgan fingerprint density at radius 3 is 2.80 bits per heavy atom. The van der Waals surface area contributed by atoms with Crippen molar-refractivity contribution >= 4 is 12.1 Å². The van der Waals surface area contributed by atoms with Crippen LogP contribution >= 0.6 is 0 Å². The van der Waals surface area contributed by atoms with Crippen LogP contribution in [0.2, 0.25) is 0 Å². The van der Waals surface area contributed by atoms with Gasteiger partial charge in [-0.05, 0) is 26.7 Å². The van der Waals surface area contributed by atoms with Crippen molar-refractivity contribution < 1.29 is 19.4 Å². The Bertz CT molecular complexity index is 313. The maximum Gasteiger partial charge on any atom is 0.410 e. The van der Waals surface area contributed by atoms with Gasteiger partial charge in [-0.3, -0.25) is 4.79 Å². The van der Waals surface area contributed by atoms with E-state index in [-0.39, 0.29) is 18.7 Å². The van der Waals surface area contributed by atoms with Crippen LogP contribution in [0, 0.1) is 5.92 Å². The number of piperidine rings is 1. The van der Waals surface area contributed by atoms with Gasteiger partial charge in [0.1, 0.15) is 5.60 Å². The molecule has 0 aromatic rings.